The topological polar surface area (TPSA) is 64.6 Å². The Kier molecular flexibility index (Phi) is 5.86. The molecule has 1 saturated carbocycles. The van der Waals surface area contributed by atoms with Crippen molar-refractivity contribution in [3.8, 4) is 0 Å². The molecule has 132 valence electrons. The molecule has 5 heteroatoms. The van der Waals surface area contributed by atoms with Crippen LogP contribution in [0.3, 0.4) is 0 Å². The average molecular weight is 333 g/mol. The van der Waals surface area contributed by atoms with E-state index in [1.807, 2.05) is 51.1 Å². The SMILES string of the molecule is CC(C)(C)OC(=O)NCCCOC(=O)C1(c2ccccc2)CCC1. The second kappa shape index (κ2) is 7.69. The van der Waals surface area contributed by atoms with Gasteiger partial charge in [0.15, 0.2) is 0 Å². The lowest BCUT2D eigenvalue weighted by Gasteiger charge is -2.39. The molecule has 5 nitrogen and oxygen atoms in total. The lowest BCUT2D eigenvalue weighted by Crippen LogP contribution is -2.44. The molecule has 0 aliphatic heterocycles. The molecule has 2 rings (SSSR count). The maximum absolute atomic E-state index is 12.5. The van der Waals surface area contributed by atoms with E-state index in [-0.39, 0.29) is 5.97 Å². The van der Waals surface area contributed by atoms with Crippen LogP contribution in [0.4, 0.5) is 4.79 Å². The Balaban J connectivity index is 1.73. The summed E-state index contributed by atoms with van der Waals surface area (Å²) in [6, 6.07) is 9.83. The highest BCUT2D eigenvalue weighted by Crippen LogP contribution is 2.44. The third kappa shape index (κ3) is 4.73. The predicted molar refractivity (Wildman–Crippen MR) is 91.8 cm³/mol. The molecule has 0 radical (unpaired) electrons. The first-order chi connectivity index (χ1) is 11.3. The molecule has 0 bridgehead atoms. The number of nitrogens with one attached hydrogen (secondary N) is 1. The van der Waals surface area contributed by atoms with E-state index in [0.717, 1.165) is 24.8 Å². The molecule has 0 spiro atoms. The first-order valence-corrected chi connectivity index (χ1v) is 8.53. The average Bonchev–Trinajstić information content (AvgIpc) is 2.45. The summed E-state index contributed by atoms with van der Waals surface area (Å²) in [6.07, 6.45) is 2.84. The van der Waals surface area contributed by atoms with E-state index in [0.29, 0.717) is 19.6 Å². The number of esters is 1. The van der Waals surface area contributed by atoms with Crippen molar-refractivity contribution in [1.82, 2.24) is 5.32 Å². The van der Waals surface area contributed by atoms with Crippen LogP contribution in [0.25, 0.3) is 0 Å². The number of rotatable bonds is 6. The summed E-state index contributed by atoms with van der Waals surface area (Å²) in [5, 5.41) is 2.66. The minimum Gasteiger partial charge on any atom is -0.465 e. The normalized spacial score (nSPS) is 16.0. The van der Waals surface area contributed by atoms with Crippen LogP contribution in [-0.4, -0.2) is 30.8 Å². The summed E-state index contributed by atoms with van der Waals surface area (Å²) in [5.74, 6) is -0.155. The van der Waals surface area contributed by atoms with Crippen LogP contribution in [0.2, 0.25) is 0 Å². The van der Waals surface area contributed by atoms with E-state index < -0.39 is 17.1 Å². The Morgan fingerprint density at radius 1 is 1.17 bits per heavy atom. The highest BCUT2D eigenvalue weighted by molar-refractivity contribution is 5.84. The fraction of sp³-hybridized carbons (Fsp3) is 0.579. The molecule has 0 heterocycles. The quantitative estimate of drug-likeness (QED) is 0.638. The molecule has 1 aromatic rings. The molecule has 0 atom stereocenters. The standard InChI is InChI=1S/C19H27NO4/c1-18(2,3)24-17(22)20-13-8-14-23-16(21)19(11-7-12-19)15-9-5-4-6-10-15/h4-6,9-10H,7-8,11-14H2,1-3H3,(H,20,22). The van der Waals surface area contributed by atoms with Crippen LogP contribution in [0.1, 0.15) is 52.0 Å². The minimum absolute atomic E-state index is 0.155. The summed E-state index contributed by atoms with van der Waals surface area (Å²) in [6.45, 7) is 6.16. The van der Waals surface area contributed by atoms with Gasteiger partial charge >= 0.3 is 12.1 Å². The van der Waals surface area contributed by atoms with Crippen molar-refractivity contribution in [3.05, 3.63) is 35.9 Å². The summed E-state index contributed by atoms with van der Waals surface area (Å²) < 4.78 is 10.6. The smallest absolute Gasteiger partial charge is 0.407 e. The van der Waals surface area contributed by atoms with Gasteiger partial charge in [-0.25, -0.2) is 4.79 Å². The minimum atomic E-state index is -0.511. The fourth-order valence-electron chi connectivity index (χ4n) is 2.78. The van der Waals surface area contributed by atoms with Gasteiger partial charge in [0.1, 0.15) is 5.60 Å². The molecule has 1 fully saturated rings. The van der Waals surface area contributed by atoms with Gasteiger partial charge in [0.05, 0.1) is 12.0 Å². The van der Waals surface area contributed by atoms with Gasteiger partial charge in [-0.2, -0.15) is 0 Å². The number of alkyl carbamates (subject to hydrolysis) is 1. The number of hydrogen-bond donors (Lipinski definition) is 1. The molecule has 1 aromatic carbocycles. The number of ether oxygens (including phenoxy) is 2. The van der Waals surface area contributed by atoms with Crippen molar-refractivity contribution in [1.29, 1.82) is 0 Å². The number of benzene rings is 1. The Bertz CT molecular complexity index is 558. The van der Waals surface area contributed by atoms with E-state index in [1.54, 1.807) is 0 Å². The first kappa shape index (κ1) is 18.3. The summed E-state index contributed by atoms with van der Waals surface area (Å²) in [4.78, 5) is 24.0. The third-order valence-electron chi connectivity index (χ3n) is 4.15. The Morgan fingerprint density at radius 3 is 2.38 bits per heavy atom. The lowest BCUT2D eigenvalue weighted by atomic mass is 9.64. The van der Waals surface area contributed by atoms with E-state index in [4.69, 9.17) is 9.47 Å². The Labute approximate surface area is 143 Å². The van der Waals surface area contributed by atoms with Gasteiger partial charge in [-0.15, -0.1) is 0 Å². The van der Waals surface area contributed by atoms with Crippen LogP contribution >= 0.6 is 0 Å². The van der Waals surface area contributed by atoms with Crippen molar-refractivity contribution in [3.63, 3.8) is 0 Å². The molecular weight excluding hydrogens is 306 g/mol. The second-order valence-electron chi connectivity index (χ2n) is 7.22. The number of amides is 1. The molecule has 1 amide bonds. The molecule has 0 unspecified atom stereocenters. The van der Waals surface area contributed by atoms with Gasteiger partial charge < -0.3 is 14.8 Å². The maximum atomic E-state index is 12.5. The monoisotopic (exact) mass is 333 g/mol. The Morgan fingerprint density at radius 2 is 1.83 bits per heavy atom. The fourth-order valence-corrected chi connectivity index (χ4v) is 2.78. The Hall–Kier alpha value is -2.04. The summed E-state index contributed by atoms with van der Waals surface area (Å²) in [7, 11) is 0. The van der Waals surface area contributed by atoms with Gasteiger partial charge in [0.25, 0.3) is 0 Å². The maximum Gasteiger partial charge on any atom is 0.407 e. The highest BCUT2D eigenvalue weighted by Gasteiger charge is 2.46. The molecule has 1 aliphatic carbocycles. The van der Waals surface area contributed by atoms with Crippen molar-refractivity contribution in [2.45, 2.75) is 57.5 Å². The van der Waals surface area contributed by atoms with Crippen LogP contribution in [0, 0.1) is 0 Å². The molecule has 1 N–H and O–H groups in total. The van der Waals surface area contributed by atoms with Gasteiger partial charge in [-0.05, 0) is 45.6 Å². The first-order valence-electron chi connectivity index (χ1n) is 8.53. The van der Waals surface area contributed by atoms with Crippen molar-refractivity contribution >= 4 is 12.1 Å². The zero-order valence-corrected chi connectivity index (χ0v) is 14.8. The zero-order valence-electron chi connectivity index (χ0n) is 14.8. The van der Waals surface area contributed by atoms with Crippen LogP contribution < -0.4 is 5.32 Å². The molecule has 0 saturated heterocycles. The van der Waals surface area contributed by atoms with Crippen molar-refractivity contribution < 1.29 is 19.1 Å². The van der Waals surface area contributed by atoms with Crippen LogP contribution in [-0.2, 0) is 19.7 Å². The van der Waals surface area contributed by atoms with Gasteiger partial charge in [0, 0.05) is 6.54 Å². The highest BCUT2D eigenvalue weighted by atomic mass is 16.6. The van der Waals surface area contributed by atoms with Crippen LogP contribution in [0.15, 0.2) is 30.3 Å². The zero-order chi connectivity index (χ0) is 17.6. The number of carbonyl (C=O) groups excluding carboxylic acids is 2. The van der Waals surface area contributed by atoms with Gasteiger partial charge in [0.2, 0.25) is 0 Å². The van der Waals surface area contributed by atoms with E-state index in [1.165, 1.54) is 0 Å². The molecule has 0 aromatic heterocycles. The molecular formula is C19H27NO4. The molecule has 1 aliphatic rings. The molecule has 24 heavy (non-hydrogen) atoms. The summed E-state index contributed by atoms with van der Waals surface area (Å²) >= 11 is 0. The number of hydrogen-bond acceptors (Lipinski definition) is 4. The van der Waals surface area contributed by atoms with Crippen LogP contribution in [0.5, 0.6) is 0 Å². The summed E-state index contributed by atoms with van der Waals surface area (Å²) in [5.41, 5.74) is 0.0519. The second-order valence-corrected chi connectivity index (χ2v) is 7.22. The van der Waals surface area contributed by atoms with Crippen molar-refractivity contribution in [2.24, 2.45) is 0 Å². The lowest BCUT2D eigenvalue weighted by molar-refractivity contribution is -0.154. The van der Waals surface area contributed by atoms with E-state index >= 15 is 0 Å². The largest absolute Gasteiger partial charge is 0.465 e. The van der Waals surface area contributed by atoms with E-state index in [2.05, 4.69) is 5.32 Å². The predicted octanol–water partition coefficient (Wildman–Crippen LogP) is 3.57. The van der Waals surface area contributed by atoms with Crippen molar-refractivity contribution in [2.75, 3.05) is 13.2 Å². The van der Waals surface area contributed by atoms with E-state index in [9.17, 15) is 9.59 Å². The number of carbonyl (C=O) groups is 2. The van der Waals surface area contributed by atoms with Gasteiger partial charge in [-0.3, -0.25) is 4.79 Å². The van der Waals surface area contributed by atoms with Gasteiger partial charge in [-0.1, -0.05) is 36.8 Å². The third-order valence-corrected chi connectivity index (χ3v) is 4.15.